The van der Waals surface area contributed by atoms with Crippen LogP contribution in [0.25, 0.3) is 0 Å². The van der Waals surface area contributed by atoms with Gasteiger partial charge < -0.3 is 10.1 Å². The molecule has 2 rings (SSSR count). The molecule has 1 heterocycles. The van der Waals surface area contributed by atoms with Crippen LogP contribution < -0.4 is 5.32 Å². The van der Waals surface area contributed by atoms with E-state index < -0.39 is 0 Å². The lowest BCUT2D eigenvalue weighted by molar-refractivity contribution is -0.0707. The van der Waals surface area contributed by atoms with E-state index in [4.69, 9.17) is 4.74 Å². The number of morpholine rings is 1. The second kappa shape index (κ2) is 5.89. The van der Waals surface area contributed by atoms with Gasteiger partial charge in [0.1, 0.15) is 0 Å². The first-order valence-corrected chi connectivity index (χ1v) is 7.60. The van der Waals surface area contributed by atoms with Crippen molar-refractivity contribution in [3.8, 4) is 0 Å². The molecule has 2 fully saturated rings. The maximum absolute atomic E-state index is 5.77. The maximum Gasteiger partial charge on any atom is 0.0700 e. The fourth-order valence-corrected chi connectivity index (χ4v) is 3.00. The molecule has 3 unspecified atom stereocenters. The van der Waals surface area contributed by atoms with Gasteiger partial charge in [-0.05, 0) is 52.5 Å². The molecular weight excluding hydrogens is 224 g/mol. The lowest BCUT2D eigenvalue weighted by Crippen LogP contribution is -2.56. The average Bonchev–Trinajstić information content (AvgIpc) is 2.26. The van der Waals surface area contributed by atoms with Crippen LogP contribution in [0.3, 0.4) is 0 Å². The van der Waals surface area contributed by atoms with Crippen molar-refractivity contribution < 1.29 is 4.74 Å². The number of hydrogen-bond acceptors (Lipinski definition) is 3. The van der Waals surface area contributed by atoms with Gasteiger partial charge in [-0.15, -0.1) is 0 Å². The minimum Gasteiger partial charge on any atom is -0.376 e. The first kappa shape index (κ1) is 14.3. The SMILES string of the molecule is CCC1CN(C2CCC2CNC(C)(C)C)CCO1. The number of rotatable bonds is 4. The highest BCUT2D eigenvalue weighted by Crippen LogP contribution is 2.33. The van der Waals surface area contributed by atoms with Crippen molar-refractivity contribution in [1.82, 2.24) is 10.2 Å². The summed E-state index contributed by atoms with van der Waals surface area (Å²) in [4.78, 5) is 2.68. The Morgan fingerprint density at radius 1 is 1.28 bits per heavy atom. The Hall–Kier alpha value is -0.120. The standard InChI is InChI=1S/C15H30N2O/c1-5-13-11-17(8-9-18-13)14-7-6-12(14)10-16-15(2,3)4/h12-14,16H,5-11H2,1-4H3. The second-order valence-corrected chi connectivity index (χ2v) is 6.93. The van der Waals surface area contributed by atoms with E-state index in [1.54, 1.807) is 0 Å². The largest absolute Gasteiger partial charge is 0.376 e. The quantitative estimate of drug-likeness (QED) is 0.833. The molecule has 1 saturated carbocycles. The monoisotopic (exact) mass is 254 g/mol. The van der Waals surface area contributed by atoms with Gasteiger partial charge in [0, 0.05) is 24.7 Å². The molecule has 0 spiro atoms. The third-order valence-electron chi connectivity index (χ3n) is 4.37. The zero-order valence-electron chi connectivity index (χ0n) is 12.5. The van der Waals surface area contributed by atoms with Crippen molar-refractivity contribution in [2.24, 2.45) is 5.92 Å². The van der Waals surface area contributed by atoms with E-state index in [-0.39, 0.29) is 5.54 Å². The topological polar surface area (TPSA) is 24.5 Å². The van der Waals surface area contributed by atoms with Crippen molar-refractivity contribution in [3.05, 3.63) is 0 Å². The second-order valence-electron chi connectivity index (χ2n) is 6.93. The molecule has 3 nitrogen and oxygen atoms in total. The summed E-state index contributed by atoms with van der Waals surface area (Å²) in [5.74, 6) is 0.847. The zero-order valence-corrected chi connectivity index (χ0v) is 12.5. The molecule has 106 valence electrons. The first-order valence-electron chi connectivity index (χ1n) is 7.60. The van der Waals surface area contributed by atoms with Crippen LogP contribution in [-0.2, 0) is 4.74 Å². The number of nitrogens with one attached hydrogen (secondary N) is 1. The summed E-state index contributed by atoms with van der Waals surface area (Å²) in [7, 11) is 0. The van der Waals surface area contributed by atoms with E-state index >= 15 is 0 Å². The molecule has 0 bridgehead atoms. The summed E-state index contributed by atoms with van der Waals surface area (Å²) in [6.07, 6.45) is 4.39. The van der Waals surface area contributed by atoms with Gasteiger partial charge in [-0.3, -0.25) is 4.90 Å². The number of ether oxygens (including phenoxy) is 1. The van der Waals surface area contributed by atoms with E-state index in [0.717, 1.165) is 38.1 Å². The molecule has 1 aliphatic heterocycles. The molecule has 0 amide bonds. The summed E-state index contributed by atoms with van der Waals surface area (Å²) in [5.41, 5.74) is 0.247. The summed E-state index contributed by atoms with van der Waals surface area (Å²) < 4.78 is 5.77. The van der Waals surface area contributed by atoms with Crippen LogP contribution in [0, 0.1) is 5.92 Å². The van der Waals surface area contributed by atoms with Gasteiger partial charge >= 0.3 is 0 Å². The van der Waals surface area contributed by atoms with E-state index in [1.807, 2.05) is 0 Å². The molecule has 2 aliphatic rings. The summed E-state index contributed by atoms with van der Waals surface area (Å²) in [6, 6.07) is 0.804. The Morgan fingerprint density at radius 3 is 2.61 bits per heavy atom. The molecule has 0 aromatic carbocycles. The van der Waals surface area contributed by atoms with Crippen molar-refractivity contribution in [2.45, 2.75) is 64.6 Å². The molecule has 1 aliphatic carbocycles. The van der Waals surface area contributed by atoms with Crippen molar-refractivity contribution in [2.75, 3.05) is 26.2 Å². The van der Waals surface area contributed by atoms with Gasteiger partial charge in [-0.1, -0.05) is 6.92 Å². The smallest absolute Gasteiger partial charge is 0.0700 e. The molecule has 0 aromatic rings. The van der Waals surface area contributed by atoms with Crippen LogP contribution >= 0.6 is 0 Å². The Morgan fingerprint density at radius 2 is 2.06 bits per heavy atom. The third kappa shape index (κ3) is 3.69. The number of hydrogen-bond donors (Lipinski definition) is 1. The minimum absolute atomic E-state index is 0.247. The van der Waals surface area contributed by atoms with Crippen LogP contribution in [0.15, 0.2) is 0 Å². The Balaban J connectivity index is 1.78. The summed E-state index contributed by atoms with van der Waals surface area (Å²) in [5, 5.41) is 3.66. The highest BCUT2D eigenvalue weighted by molar-refractivity contribution is 4.92. The molecule has 3 heteroatoms. The molecular formula is C15H30N2O. The number of nitrogens with zero attached hydrogens (tertiary/aromatic N) is 1. The zero-order chi connectivity index (χ0) is 13.2. The van der Waals surface area contributed by atoms with Crippen LogP contribution in [0.1, 0.15) is 47.0 Å². The maximum atomic E-state index is 5.77. The van der Waals surface area contributed by atoms with Gasteiger partial charge in [0.25, 0.3) is 0 Å². The third-order valence-corrected chi connectivity index (χ3v) is 4.37. The lowest BCUT2D eigenvalue weighted by Gasteiger charge is -2.48. The highest BCUT2D eigenvalue weighted by Gasteiger charge is 2.37. The molecule has 0 radical (unpaired) electrons. The Labute approximate surface area is 112 Å². The van der Waals surface area contributed by atoms with Crippen LogP contribution in [0.2, 0.25) is 0 Å². The van der Waals surface area contributed by atoms with E-state index in [9.17, 15) is 0 Å². The van der Waals surface area contributed by atoms with Crippen molar-refractivity contribution in [3.63, 3.8) is 0 Å². The molecule has 0 aromatic heterocycles. The van der Waals surface area contributed by atoms with Crippen LogP contribution in [-0.4, -0.2) is 48.8 Å². The van der Waals surface area contributed by atoms with Gasteiger partial charge in [-0.25, -0.2) is 0 Å². The van der Waals surface area contributed by atoms with Crippen molar-refractivity contribution in [1.29, 1.82) is 0 Å². The molecule has 1 saturated heterocycles. The van der Waals surface area contributed by atoms with Gasteiger partial charge in [-0.2, -0.15) is 0 Å². The fourth-order valence-electron chi connectivity index (χ4n) is 3.00. The summed E-state index contributed by atoms with van der Waals surface area (Å²) >= 11 is 0. The normalized spacial score (nSPS) is 34.3. The van der Waals surface area contributed by atoms with E-state index in [1.165, 1.54) is 19.4 Å². The van der Waals surface area contributed by atoms with Gasteiger partial charge in [0.15, 0.2) is 0 Å². The lowest BCUT2D eigenvalue weighted by atomic mass is 9.77. The predicted molar refractivity (Wildman–Crippen MR) is 75.9 cm³/mol. The Bertz CT molecular complexity index is 262. The van der Waals surface area contributed by atoms with E-state index in [2.05, 4.69) is 37.9 Å². The van der Waals surface area contributed by atoms with Crippen LogP contribution in [0.5, 0.6) is 0 Å². The predicted octanol–water partition coefficient (Wildman–Crippen LogP) is 2.26. The highest BCUT2D eigenvalue weighted by atomic mass is 16.5. The Kier molecular flexibility index (Phi) is 4.68. The van der Waals surface area contributed by atoms with Gasteiger partial charge in [0.05, 0.1) is 12.7 Å². The minimum atomic E-state index is 0.247. The first-order chi connectivity index (χ1) is 8.49. The molecule has 18 heavy (non-hydrogen) atoms. The van der Waals surface area contributed by atoms with Crippen LogP contribution in [0.4, 0.5) is 0 Å². The summed E-state index contributed by atoms with van der Waals surface area (Å²) in [6.45, 7) is 13.4. The molecule has 3 atom stereocenters. The van der Waals surface area contributed by atoms with E-state index in [0.29, 0.717) is 6.10 Å². The average molecular weight is 254 g/mol. The fraction of sp³-hybridized carbons (Fsp3) is 1.00. The van der Waals surface area contributed by atoms with Gasteiger partial charge in [0.2, 0.25) is 0 Å². The van der Waals surface area contributed by atoms with Crippen molar-refractivity contribution >= 4 is 0 Å². The molecule has 1 N–H and O–H groups in total.